The van der Waals surface area contributed by atoms with Crippen LogP contribution in [0.2, 0.25) is 0 Å². The molecule has 1 heterocycles. The van der Waals surface area contributed by atoms with Gasteiger partial charge in [0, 0.05) is 6.54 Å². The number of nitrogens with two attached hydrogens (primary N) is 1. The van der Waals surface area contributed by atoms with Crippen molar-refractivity contribution in [3.05, 3.63) is 63.8 Å². The number of halogens is 3. The number of nitrogens with zero attached hydrogens (tertiary/aromatic N) is 2. The topological polar surface area (TPSA) is 105 Å². The third kappa shape index (κ3) is 7.48. The van der Waals surface area contributed by atoms with Crippen LogP contribution >= 0.6 is 11.8 Å². The van der Waals surface area contributed by atoms with Gasteiger partial charge in [0.2, 0.25) is 0 Å². The lowest BCUT2D eigenvalue weighted by atomic mass is 10.1. The minimum atomic E-state index is -4.74. The number of hydrogen-bond acceptors (Lipinski definition) is 8. The fraction of sp³-hybridized carbons (Fsp3) is 0.320. The van der Waals surface area contributed by atoms with Crippen LogP contribution in [0.4, 0.5) is 23.7 Å². The fourth-order valence-corrected chi connectivity index (χ4v) is 4.15. The monoisotopic (exact) mass is 551 g/mol. The van der Waals surface area contributed by atoms with Gasteiger partial charge in [0.1, 0.15) is 5.75 Å². The minimum Gasteiger partial charge on any atom is -0.493 e. The van der Waals surface area contributed by atoms with E-state index in [-0.39, 0.29) is 35.2 Å². The molecule has 0 radical (unpaired) electrons. The van der Waals surface area contributed by atoms with E-state index in [0.717, 1.165) is 22.7 Å². The molecule has 0 spiro atoms. The predicted octanol–water partition coefficient (Wildman–Crippen LogP) is 5.09. The molecular weight excluding hydrogens is 527 g/mol. The van der Waals surface area contributed by atoms with Gasteiger partial charge in [0.05, 0.1) is 57.1 Å². The summed E-state index contributed by atoms with van der Waals surface area (Å²) in [5, 5.41) is -0.446. The van der Waals surface area contributed by atoms with Crippen molar-refractivity contribution >= 4 is 34.7 Å². The van der Waals surface area contributed by atoms with E-state index in [9.17, 15) is 22.8 Å². The van der Waals surface area contributed by atoms with E-state index < -0.39 is 28.6 Å². The summed E-state index contributed by atoms with van der Waals surface area (Å²) in [7, 11) is 1.31. The summed E-state index contributed by atoms with van der Waals surface area (Å²) in [4.78, 5) is 29.3. The third-order valence-electron chi connectivity index (χ3n) is 5.07. The van der Waals surface area contributed by atoms with E-state index in [1.54, 1.807) is 0 Å². The second kappa shape index (κ2) is 13.3. The molecule has 9 nitrogen and oxygen atoms in total. The van der Waals surface area contributed by atoms with Crippen LogP contribution in [0.15, 0.2) is 41.3 Å². The van der Waals surface area contributed by atoms with Gasteiger partial charge >= 0.3 is 6.18 Å². The van der Waals surface area contributed by atoms with E-state index in [0.29, 0.717) is 38.0 Å². The minimum absolute atomic E-state index is 0.00796. The highest BCUT2D eigenvalue weighted by Gasteiger charge is 2.36. The number of thioether (sulfide) groups is 1. The number of rotatable bonds is 12. The van der Waals surface area contributed by atoms with Crippen LogP contribution in [0, 0.1) is 6.57 Å². The Bertz CT molecular complexity index is 1250. The highest BCUT2D eigenvalue weighted by atomic mass is 32.2. The highest BCUT2D eigenvalue weighted by molar-refractivity contribution is 8.18. The van der Waals surface area contributed by atoms with Gasteiger partial charge in [-0.2, -0.15) is 13.2 Å². The molecule has 0 saturated carbocycles. The molecule has 202 valence electrons. The van der Waals surface area contributed by atoms with Crippen molar-refractivity contribution in [2.45, 2.75) is 6.18 Å². The Kier molecular flexibility index (Phi) is 10.1. The summed E-state index contributed by atoms with van der Waals surface area (Å²) in [6, 6.07) is 7.36. The van der Waals surface area contributed by atoms with Gasteiger partial charge in [-0.15, -0.1) is 0 Å². The van der Waals surface area contributed by atoms with E-state index in [2.05, 4.69) is 4.85 Å². The van der Waals surface area contributed by atoms with Crippen molar-refractivity contribution in [2.24, 2.45) is 5.73 Å². The molecule has 1 saturated heterocycles. The normalized spacial score (nSPS) is 14.7. The lowest BCUT2D eigenvalue weighted by molar-refractivity contribution is -0.138. The van der Waals surface area contributed by atoms with Gasteiger partial charge in [-0.05, 0) is 47.7 Å². The Morgan fingerprint density at radius 3 is 2.39 bits per heavy atom. The number of hydrogen-bond donors (Lipinski definition) is 1. The van der Waals surface area contributed by atoms with Gasteiger partial charge in [-0.1, -0.05) is 12.1 Å². The number of imide groups is 1. The summed E-state index contributed by atoms with van der Waals surface area (Å²) in [5.41, 5.74) is 4.51. The average Bonchev–Trinajstić information content (AvgIpc) is 3.15. The third-order valence-corrected chi connectivity index (χ3v) is 5.98. The first-order chi connectivity index (χ1) is 18.2. The molecule has 2 amide bonds. The Morgan fingerprint density at radius 1 is 1.03 bits per heavy atom. The zero-order valence-corrected chi connectivity index (χ0v) is 21.1. The van der Waals surface area contributed by atoms with Crippen LogP contribution < -0.4 is 15.2 Å². The Labute approximate surface area is 221 Å². The van der Waals surface area contributed by atoms with E-state index in [1.165, 1.54) is 37.5 Å². The molecule has 38 heavy (non-hydrogen) atoms. The SMILES string of the molecule is [C-]#[N+]c1ccc(Oc2ccc(/C=C3\SC(=O)N(CCOCCOCCN)C3=O)cc2OC)c(C(F)(F)F)c1. The highest BCUT2D eigenvalue weighted by Crippen LogP contribution is 2.42. The average molecular weight is 552 g/mol. The molecule has 0 unspecified atom stereocenters. The van der Waals surface area contributed by atoms with Crippen LogP contribution in [-0.4, -0.2) is 62.7 Å². The lowest BCUT2D eigenvalue weighted by Gasteiger charge is -2.16. The summed E-state index contributed by atoms with van der Waals surface area (Å²) in [5.74, 6) is -0.890. The van der Waals surface area contributed by atoms with Gasteiger partial charge in [0.15, 0.2) is 17.2 Å². The first-order valence-corrected chi connectivity index (χ1v) is 12.0. The van der Waals surface area contributed by atoms with Crippen LogP contribution in [0.1, 0.15) is 11.1 Å². The molecular formula is C25H24F3N3O6S. The van der Waals surface area contributed by atoms with Crippen molar-refractivity contribution in [1.82, 2.24) is 4.90 Å². The summed E-state index contributed by atoms with van der Waals surface area (Å²) >= 11 is 0.763. The van der Waals surface area contributed by atoms with E-state index >= 15 is 0 Å². The lowest BCUT2D eigenvalue weighted by Crippen LogP contribution is -2.31. The second-order valence-electron chi connectivity index (χ2n) is 7.65. The zero-order valence-electron chi connectivity index (χ0n) is 20.2. The van der Waals surface area contributed by atoms with E-state index in [4.69, 9.17) is 31.3 Å². The molecule has 0 bridgehead atoms. The molecule has 2 aromatic carbocycles. The Hall–Kier alpha value is -3.57. The molecule has 1 aliphatic rings. The summed E-state index contributed by atoms with van der Waals surface area (Å²) in [6.45, 7) is 8.64. The van der Waals surface area contributed by atoms with Crippen molar-refractivity contribution < 1.29 is 41.7 Å². The van der Waals surface area contributed by atoms with Crippen LogP contribution in [0.3, 0.4) is 0 Å². The van der Waals surface area contributed by atoms with Gasteiger partial charge in [0.25, 0.3) is 11.1 Å². The van der Waals surface area contributed by atoms with E-state index in [1.807, 2.05) is 0 Å². The zero-order chi connectivity index (χ0) is 27.7. The number of carbonyl (C=O) groups is 2. The van der Waals surface area contributed by atoms with Crippen molar-refractivity contribution in [2.75, 3.05) is 46.6 Å². The molecule has 0 aliphatic carbocycles. The molecule has 13 heteroatoms. The first-order valence-electron chi connectivity index (χ1n) is 11.2. The largest absolute Gasteiger partial charge is 0.493 e. The molecule has 3 rings (SSSR count). The Balaban J connectivity index is 1.71. The van der Waals surface area contributed by atoms with Crippen LogP contribution in [0.5, 0.6) is 17.2 Å². The standard InChI is InChI=1S/C25H24F3N3O6S/c1-30-17-4-6-19(18(15-17)25(26,27)28)37-20-5-3-16(13-21(20)34-2)14-22-23(32)31(24(33)38-22)8-10-36-12-11-35-9-7-29/h3-6,13-15H,7-12,29H2,2H3/b22-14-. The quantitative estimate of drug-likeness (QED) is 0.221. The molecule has 2 N–H and O–H groups in total. The predicted molar refractivity (Wildman–Crippen MR) is 134 cm³/mol. The Morgan fingerprint density at radius 2 is 1.74 bits per heavy atom. The smallest absolute Gasteiger partial charge is 0.418 e. The van der Waals surface area contributed by atoms with Crippen molar-refractivity contribution in [3.8, 4) is 17.2 Å². The van der Waals surface area contributed by atoms with Gasteiger partial charge in [-0.25, -0.2) is 4.85 Å². The first kappa shape index (κ1) is 29.0. The number of benzene rings is 2. The summed E-state index contributed by atoms with van der Waals surface area (Å²) < 4.78 is 61.8. The fourth-order valence-electron chi connectivity index (χ4n) is 3.28. The molecule has 0 aromatic heterocycles. The number of alkyl halides is 3. The maximum absolute atomic E-state index is 13.5. The number of ether oxygens (including phenoxy) is 4. The van der Waals surface area contributed by atoms with Crippen LogP contribution in [0.25, 0.3) is 10.9 Å². The summed E-state index contributed by atoms with van der Waals surface area (Å²) in [6.07, 6.45) is -3.26. The number of carbonyl (C=O) groups excluding carboxylic acids is 2. The molecule has 1 aliphatic heterocycles. The van der Waals surface area contributed by atoms with Crippen LogP contribution in [-0.2, 0) is 20.4 Å². The second-order valence-corrected chi connectivity index (χ2v) is 8.64. The maximum atomic E-state index is 13.5. The molecule has 1 fully saturated rings. The molecule has 2 aromatic rings. The van der Waals surface area contributed by atoms with Crippen molar-refractivity contribution in [3.63, 3.8) is 0 Å². The molecule has 0 atom stereocenters. The van der Waals surface area contributed by atoms with Gasteiger partial charge < -0.3 is 24.7 Å². The maximum Gasteiger partial charge on any atom is 0.418 e. The van der Waals surface area contributed by atoms with Gasteiger partial charge in [-0.3, -0.25) is 14.5 Å². The van der Waals surface area contributed by atoms with Crippen molar-refractivity contribution in [1.29, 1.82) is 0 Å². The number of amides is 2. The number of methoxy groups -OCH3 is 1.